The van der Waals surface area contributed by atoms with E-state index in [1.165, 1.54) is 0 Å². The Balaban J connectivity index is 2.20. The van der Waals surface area contributed by atoms with Gasteiger partial charge in [-0.1, -0.05) is 13.3 Å². The predicted octanol–water partition coefficient (Wildman–Crippen LogP) is 3.05. The van der Waals surface area contributed by atoms with Crippen molar-refractivity contribution in [2.24, 2.45) is 0 Å². The normalized spacial score (nSPS) is 23.2. The summed E-state index contributed by atoms with van der Waals surface area (Å²) >= 11 is 0. The van der Waals surface area contributed by atoms with Crippen LogP contribution in [0.2, 0.25) is 0 Å². The fourth-order valence-electron chi connectivity index (χ4n) is 2.84. The van der Waals surface area contributed by atoms with E-state index in [0.717, 1.165) is 44.0 Å². The number of hydrogen-bond donors (Lipinski definition) is 1. The number of sulfone groups is 1. The number of nitrogens with one attached hydrogen (secondary N) is 1. The minimum absolute atomic E-state index is 0.134. The van der Waals surface area contributed by atoms with E-state index in [1.807, 2.05) is 6.92 Å². The molecule has 0 amide bonds. The Hall–Kier alpha value is -1.01. The molecule has 1 saturated carbocycles. The van der Waals surface area contributed by atoms with E-state index in [4.69, 9.17) is 0 Å². The Morgan fingerprint density at radius 1 is 1.29 bits per heavy atom. The molecule has 2 rings (SSSR count). The molecule has 1 aromatic rings. The highest BCUT2D eigenvalue weighted by molar-refractivity contribution is 7.92. The third kappa shape index (κ3) is 3.80. The van der Waals surface area contributed by atoms with E-state index >= 15 is 0 Å². The third-order valence-corrected chi connectivity index (χ3v) is 6.18. The number of benzene rings is 1. The predicted molar refractivity (Wildman–Crippen MR) is 77.9 cm³/mol. The van der Waals surface area contributed by atoms with Gasteiger partial charge in [0.15, 0.2) is 9.84 Å². The lowest BCUT2D eigenvalue weighted by Crippen LogP contribution is -2.39. The summed E-state index contributed by atoms with van der Waals surface area (Å²) < 4.78 is 52.1. The Morgan fingerprint density at radius 2 is 2.05 bits per heavy atom. The molecule has 3 nitrogen and oxygen atoms in total. The van der Waals surface area contributed by atoms with Crippen LogP contribution in [-0.4, -0.2) is 26.3 Å². The topological polar surface area (TPSA) is 46.2 Å². The second-order valence-electron chi connectivity index (χ2n) is 5.56. The molecule has 2 unspecified atom stereocenters. The van der Waals surface area contributed by atoms with Crippen LogP contribution in [0.5, 0.6) is 0 Å². The van der Waals surface area contributed by atoms with Crippen molar-refractivity contribution >= 4 is 9.84 Å². The van der Waals surface area contributed by atoms with E-state index in [9.17, 15) is 17.2 Å². The Bertz CT molecular complexity index is 589. The summed E-state index contributed by atoms with van der Waals surface area (Å²) in [6.45, 7) is 2.89. The summed E-state index contributed by atoms with van der Waals surface area (Å²) in [5, 5.41) is 2.68. The van der Waals surface area contributed by atoms with Gasteiger partial charge in [-0.05, 0) is 50.4 Å². The van der Waals surface area contributed by atoms with Gasteiger partial charge in [-0.25, -0.2) is 17.2 Å². The molecular formula is C15H21F2NO2S. The van der Waals surface area contributed by atoms with E-state index in [0.29, 0.717) is 12.8 Å². The minimum atomic E-state index is -3.83. The van der Waals surface area contributed by atoms with Gasteiger partial charge in [0.1, 0.15) is 16.5 Å². The van der Waals surface area contributed by atoms with E-state index in [-0.39, 0.29) is 6.04 Å². The third-order valence-electron chi connectivity index (χ3n) is 3.95. The lowest BCUT2D eigenvalue weighted by Gasteiger charge is -2.29. The number of rotatable bonds is 5. The van der Waals surface area contributed by atoms with Crippen molar-refractivity contribution in [2.45, 2.75) is 55.2 Å². The van der Waals surface area contributed by atoms with Crippen LogP contribution in [0.15, 0.2) is 23.1 Å². The van der Waals surface area contributed by atoms with Crippen LogP contribution in [0.3, 0.4) is 0 Å². The molecule has 0 aliphatic heterocycles. The molecule has 21 heavy (non-hydrogen) atoms. The molecular weight excluding hydrogens is 296 g/mol. The molecule has 118 valence electrons. The van der Waals surface area contributed by atoms with Gasteiger partial charge >= 0.3 is 0 Å². The van der Waals surface area contributed by atoms with Crippen LogP contribution < -0.4 is 5.32 Å². The zero-order valence-corrected chi connectivity index (χ0v) is 12.9. The molecule has 1 aliphatic carbocycles. The molecule has 1 N–H and O–H groups in total. The Labute approximate surface area is 124 Å². The summed E-state index contributed by atoms with van der Waals surface area (Å²) in [5.74, 6) is -1.61. The summed E-state index contributed by atoms with van der Waals surface area (Å²) in [6, 6.07) is 2.72. The van der Waals surface area contributed by atoms with Gasteiger partial charge in [0, 0.05) is 6.04 Å². The first-order chi connectivity index (χ1) is 9.95. The van der Waals surface area contributed by atoms with Crippen LogP contribution >= 0.6 is 0 Å². The van der Waals surface area contributed by atoms with Crippen LogP contribution in [0.4, 0.5) is 8.78 Å². The molecule has 2 atom stereocenters. The number of hydrogen-bond acceptors (Lipinski definition) is 3. The van der Waals surface area contributed by atoms with E-state index in [2.05, 4.69) is 5.32 Å². The fraction of sp³-hybridized carbons (Fsp3) is 0.600. The first-order valence-corrected chi connectivity index (χ1v) is 8.92. The van der Waals surface area contributed by atoms with Crippen molar-refractivity contribution in [3.8, 4) is 0 Å². The van der Waals surface area contributed by atoms with E-state index in [1.54, 1.807) is 0 Å². The van der Waals surface area contributed by atoms with Gasteiger partial charge in [0.2, 0.25) is 0 Å². The molecule has 0 spiro atoms. The van der Waals surface area contributed by atoms with Crippen molar-refractivity contribution in [2.75, 3.05) is 6.54 Å². The zero-order chi connectivity index (χ0) is 15.5. The summed E-state index contributed by atoms with van der Waals surface area (Å²) in [6.07, 6.45) is 3.65. The SMILES string of the molecule is CCCNC1CCCC(S(=O)(=O)c2cc(F)ccc2F)C1. The van der Waals surface area contributed by atoms with Crippen LogP contribution in [0, 0.1) is 11.6 Å². The molecule has 1 aliphatic rings. The maximum absolute atomic E-state index is 13.8. The average Bonchev–Trinajstić information content (AvgIpc) is 2.48. The van der Waals surface area contributed by atoms with Gasteiger partial charge < -0.3 is 5.32 Å². The molecule has 6 heteroatoms. The summed E-state index contributed by atoms with van der Waals surface area (Å²) in [7, 11) is -3.83. The van der Waals surface area contributed by atoms with E-state index < -0.39 is 31.6 Å². The highest BCUT2D eigenvalue weighted by atomic mass is 32.2. The van der Waals surface area contributed by atoms with Crippen molar-refractivity contribution < 1.29 is 17.2 Å². The second-order valence-corrected chi connectivity index (χ2v) is 7.76. The fourth-order valence-corrected chi connectivity index (χ4v) is 4.77. The highest BCUT2D eigenvalue weighted by Gasteiger charge is 2.34. The maximum atomic E-state index is 13.8. The minimum Gasteiger partial charge on any atom is -0.314 e. The van der Waals surface area contributed by atoms with Gasteiger partial charge in [-0.2, -0.15) is 0 Å². The van der Waals surface area contributed by atoms with Gasteiger partial charge in [-0.3, -0.25) is 0 Å². The van der Waals surface area contributed by atoms with Gasteiger partial charge in [0.05, 0.1) is 5.25 Å². The van der Waals surface area contributed by atoms with Crippen molar-refractivity contribution in [1.29, 1.82) is 0 Å². The van der Waals surface area contributed by atoms with Crippen molar-refractivity contribution in [1.82, 2.24) is 5.32 Å². The summed E-state index contributed by atoms with van der Waals surface area (Å²) in [4.78, 5) is -0.511. The molecule has 0 bridgehead atoms. The summed E-state index contributed by atoms with van der Waals surface area (Å²) in [5.41, 5.74) is 0. The molecule has 0 radical (unpaired) electrons. The van der Waals surface area contributed by atoms with Gasteiger partial charge in [-0.15, -0.1) is 0 Å². The molecule has 0 saturated heterocycles. The largest absolute Gasteiger partial charge is 0.314 e. The highest BCUT2D eigenvalue weighted by Crippen LogP contribution is 2.30. The first kappa shape index (κ1) is 16.4. The maximum Gasteiger partial charge on any atom is 0.184 e. The molecule has 0 aromatic heterocycles. The standard InChI is InChI=1S/C15H21F2NO2S/c1-2-8-18-12-4-3-5-13(10-12)21(19,20)15-9-11(16)6-7-14(15)17/h6-7,9,12-13,18H,2-5,8,10H2,1H3. The quantitative estimate of drug-likeness (QED) is 0.908. The Kier molecular flexibility index (Phi) is 5.32. The molecule has 1 fully saturated rings. The van der Waals surface area contributed by atoms with Crippen LogP contribution in [0.25, 0.3) is 0 Å². The van der Waals surface area contributed by atoms with Gasteiger partial charge in [0.25, 0.3) is 0 Å². The number of halogens is 2. The van der Waals surface area contributed by atoms with Crippen molar-refractivity contribution in [3.05, 3.63) is 29.8 Å². The zero-order valence-electron chi connectivity index (χ0n) is 12.1. The van der Waals surface area contributed by atoms with Crippen LogP contribution in [0.1, 0.15) is 39.0 Å². The molecule has 0 heterocycles. The Morgan fingerprint density at radius 3 is 2.76 bits per heavy atom. The average molecular weight is 317 g/mol. The smallest absolute Gasteiger partial charge is 0.184 e. The van der Waals surface area contributed by atoms with Crippen molar-refractivity contribution in [3.63, 3.8) is 0 Å². The van der Waals surface area contributed by atoms with Crippen LogP contribution in [-0.2, 0) is 9.84 Å². The second kappa shape index (κ2) is 6.83. The molecule has 1 aromatic carbocycles. The lowest BCUT2D eigenvalue weighted by molar-refractivity contribution is 0.371. The monoisotopic (exact) mass is 317 g/mol. The first-order valence-electron chi connectivity index (χ1n) is 7.37. The lowest BCUT2D eigenvalue weighted by atomic mass is 9.95.